The highest BCUT2D eigenvalue weighted by Crippen LogP contribution is 2.10. The molecule has 0 unspecified atom stereocenters. The minimum atomic E-state index is 0.630. The van der Waals surface area contributed by atoms with E-state index in [0.717, 1.165) is 5.56 Å². The van der Waals surface area contributed by atoms with Crippen molar-refractivity contribution in [1.82, 2.24) is 41.2 Å². The molecule has 2 heterocycles. The summed E-state index contributed by atoms with van der Waals surface area (Å²) in [5.74, 6) is 0.630. The van der Waals surface area contributed by atoms with Crippen LogP contribution in [-0.2, 0) is 0 Å². The average molecular weight is 216 g/mol. The van der Waals surface area contributed by atoms with Crippen LogP contribution < -0.4 is 0 Å². The molecule has 0 spiro atoms. The Labute approximate surface area is 90.1 Å². The van der Waals surface area contributed by atoms with Crippen molar-refractivity contribution in [3.63, 3.8) is 0 Å². The Morgan fingerprint density at radius 3 is 2.31 bits per heavy atom. The van der Waals surface area contributed by atoms with Gasteiger partial charge in [-0.25, -0.2) is 0 Å². The molecule has 0 aliphatic rings. The minimum absolute atomic E-state index is 0.630. The van der Waals surface area contributed by atoms with Gasteiger partial charge < -0.3 is 0 Å². The predicted molar refractivity (Wildman–Crippen MR) is 53.8 cm³/mol. The fourth-order valence-electron chi connectivity index (χ4n) is 1.00. The summed E-state index contributed by atoms with van der Waals surface area (Å²) in [6.07, 6.45) is 1.33. The maximum absolute atomic E-state index is 3.84. The molecule has 0 saturated carbocycles. The summed E-state index contributed by atoms with van der Waals surface area (Å²) < 4.78 is 0. The number of hydrogen-bond acceptors (Lipinski definition) is 6. The van der Waals surface area contributed by atoms with Crippen molar-refractivity contribution in [3.05, 3.63) is 36.7 Å². The van der Waals surface area contributed by atoms with E-state index in [0.29, 0.717) is 5.82 Å². The van der Waals surface area contributed by atoms with Crippen molar-refractivity contribution >= 4 is 0 Å². The lowest BCUT2D eigenvalue weighted by Gasteiger charge is -1.89. The van der Waals surface area contributed by atoms with Gasteiger partial charge in [-0.2, -0.15) is 10.4 Å². The van der Waals surface area contributed by atoms with Crippen LogP contribution in [0.15, 0.2) is 36.7 Å². The maximum Gasteiger partial charge on any atom is 0.204 e. The van der Waals surface area contributed by atoms with Crippen molar-refractivity contribution < 1.29 is 0 Å². The van der Waals surface area contributed by atoms with Gasteiger partial charge in [-0.15, -0.1) is 20.4 Å². The van der Waals surface area contributed by atoms with Crippen LogP contribution in [-0.4, -0.2) is 41.2 Å². The maximum atomic E-state index is 3.84. The molecular weight excluding hydrogens is 208 g/mol. The van der Waals surface area contributed by atoms with E-state index in [1.54, 1.807) is 0 Å². The third kappa shape index (κ3) is 2.67. The zero-order valence-corrected chi connectivity index (χ0v) is 8.15. The number of nitrogens with zero attached hydrogens (tertiary/aromatic N) is 6. The molecule has 2 N–H and O–H groups in total. The first-order chi connectivity index (χ1) is 7.97. The van der Waals surface area contributed by atoms with Crippen molar-refractivity contribution in [2.24, 2.45) is 0 Å². The lowest BCUT2D eigenvalue weighted by Crippen LogP contribution is -1.78. The smallest absolute Gasteiger partial charge is 0.177 e. The second kappa shape index (κ2) is 5.29. The van der Waals surface area contributed by atoms with Crippen LogP contribution in [0.4, 0.5) is 0 Å². The van der Waals surface area contributed by atoms with Crippen LogP contribution >= 0.6 is 0 Å². The van der Waals surface area contributed by atoms with Gasteiger partial charge in [-0.05, 0) is 5.21 Å². The summed E-state index contributed by atoms with van der Waals surface area (Å²) in [4.78, 5) is 0. The van der Waals surface area contributed by atoms with Crippen LogP contribution in [0.5, 0.6) is 0 Å². The molecule has 80 valence electrons. The number of nitrogens with one attached hydrogen (secondary N) is 2. The zero-order valence-electron chi connectivity index (χ0n) is 8.15. The second-order valence-electron chi connectivity index (χ2n) is 2.66. The molecule has 16 heavy (non-hydrogen) atoms. The SMILES string of the molecule is c1ccc(-c2nn[nH]n2)cc1.c1nn[nH]n1. The average Bonchev–Trinajstić information content (AvgIpc) is 3.07. The number of H-pyrrole nitrogens is 2. The Bertz CT molecular complexity index is 457. The topological polar surface area (TPSA) is 109 Å². The summed E-state index contributed by atoms with van der Waals surface area (Å²) in [5, 5.41) is 25.7. The van der Waals surface area contributed by atoms with Gasteiger partial charge in [0.1, 0.15) is 0 Å². The van der Waals surface area contributed by atoms with Gasteiger partial charge in [0, 0.05) is 5.56 Å². The molecule has 3 aromatic rings. The summed E-state index contributed by atoms with van der Waals surface area (Å²) >= 11 is 0. The van der Waals surface area contributed by atoms with Gasteiger partial charge in [0.25, 0.3) is 0 Å². The fourth-order valence-corrected chi connectivity index (χ4v) is 1.00. The van der Waals surface area contributed by atoms with Gasteiger partial charge in [0.05, 0.1) is 0 Å². The zero-order chi connectivity index (χ0) is 11.1. The number of aromatic nitrogens is 8. The molecule has 0 aliphatic heterocycles. The van der Waals surface area contributed by atoms with Gasteiger partial charge in [-0.1, -0.05) is 35.5 Å². The van der Waals surface area contributed by atoms with Crippen LogP contribution in [0.2, 0.25) is 0 Å². The second-order valence-corrected chi connectivity index (χ2v) is 2.66. The van der Waals surface area contributed by atoms with Crippen LogP contribution in [0.25, 0.3) is 11.4 Å². The molecule has 2 aromatic heterocycles. The molecule has 1 aromatic carbocycles. The minimum Gasteiger partial charge on any atom is -0.177 e. The largest absolute Gasteiger partial charge is 0.204 e. The highest BCUT2D eigenvalue weighted by Gasteiger charge is 1.98. The van der Waals surface area contributed by atoms with E-state index in [-0.39, 0.29) is 0 Å². The van der Waals surface area contributed by atoms with Crippen molar-refractivity contribution in [2.45, 2.75) is 0 Å². The summed E-state index contributed by atoms with van der Waals surface area (Å²) in [6, 6.07) is 9.69. The predicted octanol–water partition coefficient (Wildman–Crippen LogP) is 0.0664. The number of benzene rings is 1. The highest BCUT2D eigenvalue weighted by molar-refractivity contribution is 5.52. The number of tetrazole rings is 2. The van der Waals surface area contributed by atoms with E-state index in [4.69, 9.17) is 0 Å². The van der Waals surface area contributed by atoms with Gasteiger partial charge >= 0.3 is 0 Å². The Balaban J connectivity index is 0.000000162. The van der Waals surface area contributed by atoms with E-state index in [1.165, 1.54) is 6.33 Å². The Kier molecular flexibility index (Phi) is 3.27. The van der Waals surface area contributed by atoms with Gasteiger partial charge in [0.15, 0.2) is 6.33 Å². The molecule has 0 bridgehead atoms. The van der Waals surface area contributed by atoms with E-state index in [9.17, 15) is 0 Å². The Morgan fingerprint density at radius 1 is 0.938 bits per heavy atom. The Morgan fingerprint density at radius 2 is 1.81 bits per heavy atom. The summed E-state index contributed by atoms with van der Waals surface area (Å²) in [6.45, 7) is 0. The number of hydrogen-bond donors (Lipinski definition) is 2. The lowest BCUT2D eigenvalue weighted by molar-refractivity contribution is 0.881. The molecule has 8 nitrogen and oxygen atoms in total. The molecule has 0 atom stereocenters. The molecule has 0 amide bonds. The first-order valence-corrected chi connectivity index (χ1v) is 4.42. The number of aromatic amines is 2. The molecule has 0 fully saturated rings. The molecule has 3 rings (SSSR count). The first kappa shape index (κ1) is 9.90. The van der Waals surface area contributed by atoms with Crippen molar-refractivity contribution in [1.29, 1.82) is 0 Å². The van der Waals surface area contributed by atoms with Crippen LogP contribution in [0.3, 0.4) is 0 Å². The molecular formula is C8H8N8. The standard InChI is InChI=1S/C7H6N4.CH2N4/c1-2-4-6(5-3-1)7-8-10-11-9-7;1-2-4-5-3-1/h1-5H,(H,8,9,10,11);1H,(H,2,3,4,5). The highest BCUT2D eigenvalue weighted by atomic mass is 15.5. The first-order valence-electron chi connectivity index (χ1n) is 4.42. The molecule has 0 aliphatic carbocycles. The Hall–Kier alpha value is -2.64. The van der Waals surface area contributed by atoms with Gasteiger partial charge in [0.2, 0.25) is 5.82 Å². The van der Waals surface area contributed by atoms with E-state index in [2.05, 4.69) is 41.2 Å². The third-order valence-electron chi connectivity index (χ3n) is 1.65. The molecule has 0 saturated heterocycles. The lowest BCUT2D eigenvalue weighted by atomic mass is 10.2. The molecule has 0 radical (unpaired) electrons. The monoisotopic (exact) mass is 216 g/mol. The normalized spacial score (nSPS) is 9.25. The van der Waals surface area contributed by atoms with E-state index < -0.39 is 0 Å². The van der Waals surface area contributed by atoms with Crippen LogP contribution in [0.1, 0.15) is 0 Å². The third-order valence-corrected chi connectivity index (χ3v) is 1.65. The quantitative estimate of drug-likeness (QED) is 0.595. The van der Waals surface area contributed by atoms with Crippen molar-refractivity contribution in [3.8, 4) is 11.4 Å². The number of rotatable bonds is 1. The van der Waals surface area contributed by atoms with E-state index >= 15 is 0 Å². The molecule has 8 heteroatoms. The summed E-state index contributed by atoms with van der Waals surface area (Å²) in [5.41, 5.74) is 0.973. The van der Waals surface area contributed by atoms with Gasteiger partial charge in [-0.3, -0.25) is 0 Å². The fraction of sp³-hybridized carbons (Fsp3) is 0. The summed E-state index contributed by atoms with van der Waals surface area (Å²) in [7, 11) is 0. The van der Waals surface area contributed by atoms with E-state index in [1.807, 2.05) is 30.3 Å². The van der Waals surface area contributed by atoms with Crippen molar-refractivity contribution in [2.75, 3.05) is 0 Å². The van der Waals surface area contributed by atoms with Crippen LogP contribution in [0, 0.1) is 0 Å².